The average Bonchev–Trinajstić information content (AvgIpc) is 3.51. The number of benzene rings is 1. The van der Waals surface area contributed by atoms with Gasteiger partial charge >= 0.3 is 0 Å². The molecular formula is C24H27N5O5. The zero-order chi connectivity index (χ0) is 24.1. The highest BCUT2D eigenvalue weighted by Crippen LogP contribution is 2.29. The van der Waals surface area contributed by atoms with E-state index in [1.807, 2.05) is 18.7 Å². The Kier molecular flexibility index (Phi) is 7.07. The fourth-order valence-electron chi connectivity index (χ4n) is 3.81. The number of anilines is 3. The molecule has 1 fully saturated rings. The number of nitrogens with zero attached hydrogens (tertiary/aromatic N) is 3. The summed E-state index contributed by atoms with van der Waals surface area (Å²) in [4.78, 5) is 36.2. The first-order valence-corrected chi connectivity index (χ1v) is 11.0. The van der Waals surface area contributed by atoms with E-state index in [0.29, 0.717) is 30.6 Å². The molecule has 3 aromatic rings. The highest BCUT2D eigenvalue weighted by atomic mass is 16.5. The van der Waals surface area contributed by atoms with Crippen LogP contribution >= 0.6 is 0 Å². The van der Waals surface area contributed by atoms with Crippen molar-refractivity contribution in [3.8, 4) is 5.75 Å². The third kappa shape index (κ3) is 5.18. The smallest absolute Gasteiger partial charge is 0.298 e. The number of rotatable bonds is 8. The first-order chi connectivity index (χ1) is 16.5. The number of carbonyl (C=O) groups excluding carboxylic acids is 2. The average molecular weight is 466 g/mol. The van der Waals surface area contributed by atoms with Crippen LogP contribution in [0.1, 0.15) is 39.8 Å². The van der Waals surface area contributed by atoms with Gasteiger partial charge in [-0.3, -0.25) is 14.6 Å². The molecule has 3 heterocycles. The van der Waals surface area contributed by atoms with E-state index in [1.54, 1.807) is 30.5 Å². The topological polar surface area (TPSA) is 119 Å². The number of aromatic nitrogens is 2. The van der Waals surface area contributed by atoms with Crippen molar-refractivity contribution in [3.05, 3.63) is 59.7 Å². The Balaban J connectivity index is 1.53. The molecule has 10 heteroatoms. The van der Waals surface area contributed by atoms with Crippen LogP contribution in [0, 0.1) is 6.92 Å². The van der Waals surface area contributed by atoms with E-state index in [1.165, 1.54) is 19.6 Å². The molecule has 34 heavy (non-hydrogen) atoms. The Hall–Kier alpha value is -3.92. The lowest BCUT2D eigenvalue weighted by Crippen LogP contribution is -2.23. The molecule has 1 aliphatic rings. The van der Waals surface area contributed by atoms with Crippen LogP contribution < -0.4 is 20.3 Å². The summed E-state index contributed by atoms with van der Waals surface area (Å²) in [6.07, 6.45) is 5.45. The maximum atomic E-state index is 13.0. The van der Waals surface area contributed by atoms with Crippen LogP contribution in [0.25, 0.3) is 0 Å². The lowest BCUT2D eigenvalue weighted by atomic mass is 10.1. The van der Waals surface area contributed by atoms with Gasteiger partial charge in [0.25, 0.3) is 17.8 Å². The number of aryl methyl sites for hydroxylation is 1. The van der Waals surface area contributed by atoms with E-state index in [0.717, 1.165) is 18.5 Å². The Labute approximate surface area is 197 Å². The number of oxazole rings is 1. The summed E-state index contributed by atoms with van der Waals surface area (Å²) in [6, 6.07) is 7.08. The highest BCUT2D eigenvalue weighted by molar-refractivity contribution is 6.12. The second-order valence-corrected chi connectivity index (χ2v) is 7.84. The van der Waals surface area contributed by atoms with E-state index in [4.69, 9.17) is 13.9 Å². The summed E-state index contributed by atoms with van der Waals surface area (Å²) < 4.78 is 16.6. The monoisotopic (exact) mass is 465 g/mol. The number of nitrogens with one attached hydrogen (secondary N) is 2. The van der Waals surface area contributed by atoms with Crippen LogP contribution in [0.4, 0.5) is 17.4 Å². The standard InChI is InChI=1S/C24H27N5O5/c1-4-33-17-7-9-29(13-17)24-28-20(14-34-24)23(31)27-19-11-21(32-3)15(2)10-18(19)22(30)26-16-6-5-8-25-12-16/h5-6,8,10-12,14,17H,4,7,9,13H2,1-3H3,(H,26,30)(H,27,31)/t17-/m0/s1. The van der Waals surface area contributed by atoms with Gasteiger partial charge < -0.3 is 29.4 Å². The largest absolute Gasteiger partial charge is 0.496 e. The Morgan fingerprint density at radius 2 is 2.12 bits per heavy atom. The Bertz CT molecular complexity index is 1160. The van der Waals surface area contributed by atoms with Gasteiger partial charge in [-0.1, -0.05) is 0 Å². The molecule has 2 aromatic heterocycles. The summed E-state index contributed by atoms with van der Waals surface area (Å²) >= 11 is 0. The number of hydrogen-bond acceptors (Lipinski definition) is 8. The maximum Gasteiger partial charge on any atom is 0.298 e. The second kappa shape index (κ2) is 10.3. The molecule has 1 saturated heterocycles. The molecule has 0 spiro atoms. The number of methoxy groups -OCH3 is 1. The molecular weight excluding hydrogens is 438 g/mol. The normalized spacial score (nSPS) is 15.3. The molecule has 1 atom stereocenters. The predicted molar refractivity (Wildman–Crippen MR) is 127 cm³/mol. The highest BCUT2D eigenvalue weighted by Gasteiger charge is 2.27. The quantitative estimate of drug-likeness (QED) is 0.519. The number of pyridine rings is 1. The second-order valence-electron chi connectivity index (χ2n) is 7.84. The predicted octanol–water partition coefficient (Wildman–Crippen LogP) is 3.51. The number of carbonyl (C=O) groups is 2. The zero-order valence-corrected chi connectivity index (χ0v) is 19.3. The maximum absolute atomic E-state index is 13.0. The van der Waals surface area contributed by atoms with Crippen molar-refractivity contribution in [2.24, 2.45) is 0 Å². The first-order valence-electron chi connectivity index (χ1n) is 11.0. The molecule has 0 bridgehead atoms. The molecule has 178 valence electrons. The van der Waals surface area contributed by atoms with Gasteiger partial charge in [0.2, 0.25) is 0 Å². The van der Waals surface area contributed by atoms with Crippen LogP contribution in [-0.2, 0) is 4.74 Å². The van der Waals surface area contributed by atoms with Gasteiger partial charge in [-0.2, -0.15) is 4.98 Å². The van der Waals surface area contributed by atoms with E-state index in [9.17, 15) is 9.59 Å². The van der Waals surface area contributed by atoms with Gasteiger partial charge in [0.1, 0.15) is 12.0 Å². The minimum atomic E-state index is -0.503. The van der Waals surface area contributed by atoms with Crippen LogP contribution in [0.15, 0.2) is 47.3 Å². The van der Waals surface area contributed by atoms with Gasteiger partial charge in [0, 0.05) is 32.0 Å². The summed E-state index contributed by atoms with van der Waals surface area (Å²) in [7, 11) is 1.53. The molecule has 0 saturated carbocycles. The lowest BCUT2D eigenvalue weighted by Gasteiger charge is -2.15. The molecule has 2 N–H and O–H groups in total. The van der Waals surface area contributed by atoms with Crippen LogP contribution in [0.2, 0.25) is 0 Å². The van der Waals surface area contributed by atoms with Crippen molar-refractivity contribution in [2.75, 3.05) is 42.3 Å². The zero-order valence-electron chi connectivity index (χ0n) is 19.3. The van der Waals surface area contributed by atoms with Gasteiger partial charge in [0.05, 0.1) is 36.3 Å². The van der Waals surface area contributed by atoms with Crippen LogP contribution in [0.3, 0.4) is 0 Å². The summed E-state index contributed by atoms with van der Waals surface area (Å²) in [6.45, 7) is 5.82. The molecule has 0 radical (unpaired) electrons. The Morgan fingerprint density at radius 1 is 1.26 bits per heavy atom. The van der Waals surface area contributed by atoms with Crippen molar-refractivity contribution in [2.45, 2.75) is 26.4 Å². The minimum Gasteiger partial charge on any atom is -0.496 e. The van der Waals surface area contributed by atoms with E-state index in [-0.39, 0.29) is 23.0 Å². The number of ether oxygens (including phenoxy) is 2. The van der Waals surface area contributed by atoms with E-state index < -0.39 is 11.8 Å². The van der Waals surface area contributed by atoms with E-state index >= 15 is 0 Å². The summed E-state index contributed by atoms with van der Waals surface area (Å²) in [5.74, 6) is -0.362. The van der Waals surface area contributed by atoms with Crippen molar-refractivity contribution >= 4 is 29.2 Å². The number of hydrogen-bond donors (Lipinski definition) is 2. The molecule has 0 unspecified atom stereocenters. The fraction of sp³-hybridized carbons (Fsp3) is 0.333. The molecule has 2 amide bonds. The first kappa shape index (κ1) is 23.2. The summed E-state index contributed by atoms with van der Waals surface area (Å²) in [5.41, 5.74) is 1.95. The molecule has 0 aliphatic carbocycles. The van der Waals surface area contributed by atoms with Crippen molar-refractivity contribution in [1.82, 2.24) is 9.97 Å². The van der Waals surface area contributed by atoms with Gasteiger partial charge in [-0.05, 0) is 44.0 Å². The summed E-state index contributed by atoms with van der Waals surface area (Å²) in [5, 5.41) is 5.55. The number of amides is 2. The Morgan fingerprint density at radius 3 is 2.85 bits per heavy atom. The third-order valence-electron chi connectivity index (χ3n) is 5.49. The minimum absolute atomic E-state index is 0.105. The van der Waals surface area contributed by atoms with Crippen LogP contribution in [0.5, 0.6) is 5.75 Å². The van der Waals surface area contributed by atoms with Crippen LogP contribution in [-0.4, -0.2) is 54.7 Å². The lowest BCUT2D eigenvalue weighted by molar-refractivity contribution is 0.0785. The fourth-order valence-corrected chi connectivity index (χ4v) is 3.81. The van der Waals surface area contributed by atoms with E-state index in [2.05, 4.69) is 20.6 Å². The molecule has 10 nitrogen and oxygen atoms in total. The van der Waals surface area contributed by atoms with Gasteiger partial charge in [-0.15, -0.1) is 0 Å². The van der Waals surface area contributed by atoms with Crippen molar-refractivity contribution in [3.63, 3.8) is 0 Å². The van der Waals surface area contributed by atoms with Gasteiger partial charge in [-0.25, -0.2) is 0 Å². The van der Waals surface area contributed by atoms with Crippen molar-refractivity contribution in [1.29, 1.82) is 0 Å². The third-order valence-corrected chi connectivity index (χ3v) is 5.49. The van der Waals surface area contributed by atoms with Gasteiger partial charge in [0.15, 0.2) is 5.69 Å². The van der Waals surface area contributed by atoms with Crippen molar-refractivity contribution < 1.29 is 23.5 Å². The molecule has 4 rings (SSSR count). The SMILES string of the molecule is CCO[C@H]1CCN(c2nc(C(=O)Nc3cc(OC)c(C)cc3C(=O)Nc3cccnc3)co2)C1. The molecule has 1 aromatic carbocycles. The molecule has 1 aliphatic heterocycles.